The Kier molecular flexibility index (Phi) is 1.30. The van der Waals surface area contributed by atoms with Gasteiger partial charge in [-0.15, -0.1) is 11.3 Å². The fourth-order valence-corrected chi connectivity index (χ4v) is 2.26. The summed E-state index contributed by atoms with van der Waals surface area (Å²) in [6, 6.07) is 2.13. The zero-order valence-corrected chi connectivity index (χ0v) is 6.53. The maximum absolute atomic E-state index is 9.29. The van der Waals surface area contributed by atoms with Crippen molar-refractivity contribution in [1.29, 1.82) is 0 Å². The number of hydrogen-bond donors (Lipinski definition) is 2. The summed E-state index contributed by atoms with van der Waals surface area (Å²) in [5.74, 6) is 0. The molecule has 0 fully saturated rings. The van der Waals surface area contributed by atoms with E-state index >= 15 is 0 Å². The highest BCUT2D eigenvalue weighted by atomic mass is 32.1. The molecule has 2 heterocycles. The van der Waals surface area contributed by atoms with Gasteiger partial charge in [0, 0.05) is 11.4 Å². The molecule has 1 atom stereocenters. The van der Waals surface area contributed by atoms with E-state index in [1.165, 1.54) is 10.4 Å². The molecule has 0 saturated carbocycles. The smallest absolute Gasteiger partial charge is 0.140 e. The molecule has 0 spiro atoms. The first kappa shape index (κ1) is 6.34. The summed E-state index contributed by atoms with van der Waals surface area (Å²) < 4.78 is 0. The van der Waals surface area contributed by atoms with Crippen LogP contribution in [0.15, 0.2) is 6.07 Å². The first-order valence-electron chi connectivity index (χ1n) is 3.28. The maximum atomic E-state index is 9.29. The monoisotopic (exact) mass is 155 g/mol. The van der Waals surface area contributed by atoms with Gasteiger partial charge in [0.15, 0.2) is 0 Å². The van der Waals surface area contributed by atoms with Crippen molar-refractivity contribution in [1.82, 2.24) is 5.32 Å². The van der Waals surface area contributed by atoms with Gasteiger partial charge in [0.2, 0.25) is 0 Å². The second-order valence-electron chi connectivity index (χ2n) is 2.53. The zero-order valence-electron chi connectivity index (χ0n) is 5.72. The summed E-state index contributed by atoms with van der Waals surface area (Å²) in [6.07, 6.45) is -0.409. The Labute approximate surface area is 63.5 Å². The van der Waals surface area contributed by atoms with Crippen LogP contribution in [-0.2, 0) is 6.54 Å². The van der Waals surface area contributed by atoms with Crippen molar-refractivity contribution >= 4 is 11.3 Å². The molecule has 1 aromatic rings. The van der Waals surface area contributed by atoms with Crippen LogP contribution < -0.4 is 5.32 Å². The maximum Gasteiger partial charge on any atom is 0.140 e. The largest absolute Gasteiger partial charge is 0.373 e. The molecule has 10 heavy (non-hydrogen) atoms. The minimum atomic E-state index is -0.409. The molecule has 0 aromatic carbocycles. The first-order chi connectivity index (χ1) is 4.77. The van der Waals surface area contributed by atoms with Crippen molar-refractivity contribution in [3.8, 4) is 0 Å². The van der Waals surface area contributed by atoms with E-state index in [0.717, 1.165) is 11.4 Å². The highest BCUT2D eigenvalue weighted by Crippen LogP contribution is 2.31. The lowest BCUT2D eigenvalue weighted by Crippen LogP contribution is -2.09. The Morgan fingerprint density at radius 1 is 1.80 bits per heavy atom. The van der Waals surface area contributed by atoms with Crippen molar-refractivity contribution in [2.75, 3.05) is 0 Å². The molecule has 0 radical (unpaired) electrons. The van der Waals surface area contributed by atoms with Crippen molar-refractivity contribution in [3.63, 3.8) is 0 Å². The Morgan fingerprint density at radius 3 is 3.30 bits per heavy atom. The van der Waals surface area contributed by atoms with Gasteiger partial charge < -0.3 is 5.11 Å². The number of thiophene rings is 1. The summed E-state index contributed by atoms with van der Waals surface area (Å²) in [6.45, 7) is 2.89. The van der Waals surface area contributed by atoms with Crippen LogP contribution in [0.3, 0.4) is 0 Å². The van der Waals surface area contributed by atoms with E-state index in [1.807, 2.05) is 0 Å². The molecule has 2 rings (SSSR count). The SMILES string of the molecule is Cc1cc2c(s1)C(O)NC2. The van der Waals surface area contributed by atoms with Crippen LogP contribution in [0.1, 0.15) is 21.5 Å². The van der Waals surface area contributed by atoms with E-state index in [9.17, 15) is 5.11 Å². The molecule has 1 aliphatic rings. The Morgan fingerprint density at radius 2 is 2.60 bits per heavy atom. The highest BCUT2D eigenvalue weighted by molar-refractivity contribution is 7.12. The molecule has 0 aliphatic carbocycles. The van der Waals surface area contributed by atoms with Gasteiger partial charge in [-0.2, -0.15) is 0 Å². The number of fused-ring (bicyclic) bond motifs is 1. The van der Waals surface area contributed by atoms with Crippen molar-refractivity contribution in [2.45, 2.75) is 19.7 Å². The first-order valence-corrected chi connectivity index (χ1v) is 4.09. The van der Waals surface area contributed by atoms with Crippen LogP contribution in [0, 0.1) is 6.92 Å². The second-order valence-corrected chi connectivity index (χ2v) is 3.82. The average molecular weight is 155 g/mol. The number of aliphatic hydroxyl groups is 1. The Balaban J connectivity index is 2.49. The van der Waals surface area contributed by atoms with E-state index < -0.39 is 6.23 Å². The van der Waals surface area contributed by atoms with Crippen molar-refractivity contribution < 1.29 is 5.11 Å². The lowest BCUT2D eigenvalue weighted by atomic mass is 10.3. The summed E-state index contributed by atoms with van der Waals surface area (Å²) in [5, 5.41) is 12.3. The molecular formula is C7H9NOS. The molecule has 1 aliphatic heterocycles. The third-order valence-corrected chi connectivity index (χ3v) is 2.84. The molecule has 1 unspecified atom stereocenters. The van der Waals surface area contributed by atoms with Gasteiger partial charge in [0.25, 0.3) is 0 Å². The predicted octanol–water partition coefficient (Wildman–Crippen LogP) is 1.15. The molecule has 0 saturated heterocycles. The van der Waals surface area contributed by atoms with Crippen LogP contribution in [0.25, 0.3) is 0 Å². The summed E-state index contributed by atoms with van der Waals surface area (Å²) >= 11 is 1.67. The van der Waals surface area contributed by atoms with Gasteiger partial charge in [0.05, 0.1) is 4.88 Å². The van der Waals surface area contributed by atoms with E-state index in [1.54, 1.807) is 11.3 Å². The topological polar surface area (TPSA) is 32.3 Å². The summed E-state index contributed by atoms with van der Waals surface area (Å²) in [5.41, 5.74) is 1.26. The minimum Gasteiger partial charge on any atom is -0.373 e. The number of aryl methyl sites for hydroxylation is 1. The molecule has 0 amide bonds. The highest BCUT2D eigenvalue weighted by Gasteiger charge is 2.21. The van der Waals surface area contributed by atoms with Crippen LogP contribution in [-0.4, -0.2) is 5.11 Å². The van der Waals surface area contributed by atoms with Gasteiger partial charge in [-0.05, 0) is 18.6 Å². The molecule has 0 bridgehead atoms. The van der Waals surface area contributed by atoms with E-state index in [-0.39, 0.29) is 0 Å². The Bertz CT molecular complexity index is 256. The molecule has 2 nitrogen and oxygen atoms in total. The van der Waals surface area contributed by atoms with E-state index in [2.05, 4.69) is 18.3 Å². The molecule has 2 N–H and O–H groups in total. The molecule has 1 aromatic heterocycles. The summed E-state index contributed by atoms with van der Waals surface area (Å²) in [4.78, 5) is 2.38. The number of rotatable bonds is 0. The van der Waals surface area contributed by atoms with Gasteiger partial charge in [-0.3, -0.25) is 5.32 Å². The third-order valence-electron chi connectivity index (χ3n) is 1.70. The minimum absolute atomic E-state index is 0.409. The van der Waals surface area contributed by atoms with E-state index in [4.69, 9.17) is 0 Å². The van der Waals surface area contributed by atoms with Crippen LogP contribution >= 0.6 is 11.3 Å². The standard InChI is InChI=1S/C7H9NOS/c1-4-2-5-3-8-7(9)6(5)10-4/h2,7-9H,3H2,1H3. The normalized spacial score (nSPS) is 23.2. The van der Waals surface area contributed by atoms with Crippen LogP contribution in [0.2, 0.25) is 0 Å². The van der Waals surface area contributed by atoms with Gasteiger partial charge in [-0.1, -0.05) is 0 Å². The number of aliphatic hydroxyl groups excluding tert-OH is 1. The van der Waals surface area contributed by atoms with Gasteiger partial charge in [-0.25, -0.2) is 0 Å². The molecule has 3 heteroatoms. The summed E-state index contributed by atoms with van der Waals surface area (Å²) in [7, 11) is 0. The van der Waals surface area contributed by atoms with Crippen molar-refractivity contribution in [2.24, 2.45) is 0 Å². The second kappa shape index (κ2) is 2.05. The number of hydrogen-bond acceptors (Lipinski definition) is 3. The van der Waals surface area contributed by atoms with Crippen LogP contribution in [0.5, 0.6) is 0 Å². The van der Waals surface area contributed by atoms with Crippen molar-refractivity contribution in [3.05, 3.63) is 21.4 Å². The molecular weight excluding hydrogens is 146 g/mol. The lowest BCUT2D eigenvalue weighted by Gasteiger charge is -1.98. The van der Waals surface area contributed by atoms with Gasteiger partial charge >= 0.3 is 0 Å². The van der Waals surface area contributed by atoms with Crippen LogP contribution in [0.4, 0.5) is 0 Å². The zero-order chi connectivity index (χ0) is 7.14. The van der Waals surface area contributed by atoms with E-state index in [0.29, 0.717) is 0 Å². The van der Waals surface area contributed by atoms with Gasteiger partial charge in [0.1, 0.15) is 6.23 Å². The Hall–Kier alpha value is -0.380. The third kappa shape index (κ3) is 0.785. The molecule has 54 valence electrons. The quantitative estimate of drug-likeness (QED) is 0.589. The fraction of sp³-hybridized carbons (Fsp3) is 0.429. The average Bonchev–Trinajstić information content (AvgIpc) is 2.35. The predicted molar refractivity (Wildman–Crippen MR) is 40.9 cm³/mol. The fourth-order valence-electron chi connectivity index (χ4n) is 1.25. The lowest BCUT2D eigenvalue weighted by molar-refractivity contribution is 0.154. The number of nitrogens with one attached hydrogen (secondary N) is 1.